The molecule has 1 aliphatic carbocycles. The Balaban J connectivity index is 2.37. The van der Waals surface area contributed by atoms with Crippen LogP contribution in [0.5, 0.6) is 0 Å². The molecule has 1 aliphatic rings. The largest absolute Gasteiger partial charge is 0.385 e. The first-order chi connectivity index (χ1) is 7.49. The molecule has 16 heavy (non-hydrogen) atoms. The van der Waals surface area contributed by atoms with E-state index in [1.54, 1.807) is 7.11 Å². The van der Waals surface area contributed by atoms with Crippen LogP contribution in [-0.2, 0) is 9.53 Å². The van der Waals surface area contributed by atoms with E-state index in [1.165, 1.54) is 0 Å². The van der Waals surface area contributed by atoms with Crippen molar-refractivity contribution in [3.05, 3.63) is 0 Å². The van der Waals surface area contributed by atoms with Crippen molar-refractivity contribution < 1.29 is 9.53 Å². The first-order valence-electron chi connectivity index (χ1n) is 5.77. The quantitative estimate of drug-likeness (QED) is 0.612. The second-order valence-electron chi connectivity index (χ2n) is 4.74. The van der Waals surface area contributed by atoms with Crippen LogP contribution in [0.3, 0.4) is 0 Å². The van der Waals surface area contributed by atoms with Gasteiger partial charge >= 0.3 is 0 Å². The van der Waals surface area contributed by atoms with Crippen molar-refractivity contribution in [3.8, 4) is 0 Å². The number of primary amides is 1. The zero-order valence-corrected chi connectivity index (χ0v) is 10.2. The molecule has 0 saturated heterocycles. The molecular formula is C11H23N3O2. The third-order valence-electron chi connectivity index (χ3n) is 3.50. The first-order valence-corrected chi connectivity index (χ1v) is 5.77. The van der Waals surface area contributed by atoms with Gasteiger partial charge in [-0.15, -0.1) is 0 Å². The minimum atomic E-state index is -0.791. The number of rotatable bonds is 6. The first kappa shape index (κ1) is 13.4. The summed E-state index contributed by atoms with van der Waals surface area (Å²) in [4.78, 5) is 13.5. The fourth-order valence-electron chi connectivity index (χ4n) is 2.29. The molecule has 0 bridgehead atoms. The van der Waals surface area contributed by atoms with Crippen LogP contribution in [0.15, 0.2) is 0 Å². The highest BCUT2D eigenvalue weighted by Gasteiger charge is 2.41. The van der Waals surface area contributed by atoms with Gasteiger partial charge in [0.1, 0.15) is 0 Å². The Bertz CT molecular complexity index is 247. The Morgan fingerprint density at radius 1 is 1.62 bits per heavy atom. The van der Waals surface area contributed by atoms with E-state index in [4.69, 9.17) is 16.2 Å². The van der Waals surface area contributed by atoms with Gasteiger partial charge in [-0.1, -0.05) is 0 Å². The van der Waals surface area contributed by atoms with E-state index in [0.29, 0.717) is 18.9 Å². The van der Waals surface area contributed by atoms with Gasteiger partial charge in [0.2, 0.25) is 5.91 Å². The highest BCUT2D eigenvalue weighted by atomic mass is 16.5. The molecule has 0 aromatic rings. The van der Waals surface area contributed by atoms with Crippen LogP contribution in [0, 0.1) is 0 Å². The Morgan fingerprint density at radius 3 is 2.81 bits per heavy atom. The van der Waals surface area contributed by atoms with Gasteiger partial charge in [0.05, 0.1) is 5.54 Å². The van der Waals surface area contributed by atoms with E-state index < -0.39 is 5.54 Å². The molecule has 1 fully saturated rings. The molecule has 1 amide bonds. The molecule has 2 unspecified atom stereocenters. The predicted octanol–water partition coefficient (Wildman–Crippen LogP) is -0.310. The summed E-state index contributed by atoms with van der Waals surface area (Å²) < 4.78 is 5.01. The van der Waals surface area contributed by atoms with Crippen LogP contribution in [0.4, 0.5) is 0 Å². The van der Waals surface area contributed by atoms with Gasteiger partial charge in [-0.3, -0.25) is 4.79 Å². The maximum absolute atomic E-state index is 11.2. The van der Waals surface area contributed by atoms with Gasteiger partial charge in [-0.25, -0.2) is 0 Å². The van der Waals surface area contributed by atoms with Crippen LogP contribution in [0.1, 0.15) is 25.7 Å². The van der Waals surface area contributed by atoms with E-state index in [9.17, 15) is 4.79 Å². The van der Waals surface area contributed by atoms with Crippen LogP contribution in [0.25, 0.3) is 0 Å². The molecule has 0 radical (unpaired) electrons. The number of nitrogens with two attached hydrogens (primary N) is 2. The summed E-state index contributed by atoms with van der Waals surface area (Å²) in [6.07, 6.45) is 3.31. The molecule has 0 heterocycles. The maximum atomic E-state index is 11.2. The topological polar surface area (TPSA) is 81.6 Å². The van der Waals surface area contributed by atoms with E-state index in [2.05, 4.69) is 11.9 Å². The van der Waals surface area contributed by atoms with Crippen LogP contribution >= 0.6 is 0 Å². The summed E-state index contributed by atoms with van der Waals surface area (Å²) >= 11 is 0. The summed E-state index contributed by atoms with van der Waals surface area (Å²) in [6.45, 7) is 1.73. The predicted molar refractivity (Wildman–Crippen MR) is 62.9 cm³/mol. The molecule has 0 spiro atoms. The Morgan fingerprint density at radius 2 is 2.31 bits per heavy atom. The SMILES string of the molecule is COCCCN(C)C1CCC(N)(C(N)=O)C1. The maximum Gasteiger partial charge on any atom is 0.237 e. The van der Waals surface area contributed by atoms with Gasteiger partial charge in [-0.05, 0) is 32.7 Å². The molecule has 0 aromatic heterocycles. The molecule has 5 heteroatoms. The molecule has 2 atom stereocenters. The minimum Gasteiger partial charge on any atom is -0.385 e. The fourth-order valence-corrected chi connectivity index (χ4v) is 2.29. The number of carbonyl (C=O) groups excluding carboxylic acids is 1. The Kier molecular flexibility index (Phi) is 4.70. The third kappa shape index (κ3) is 3.17. The summed E-state index contributed by atoms with van der Waals surface area (Å²) in [7, 11) is 3.76. The van der Waals surface area contributed by atoms with Crippen LogP contribution in [0.2, 0.25) is 0 Å². The summed E-state index contributed by atoms with van der Waals surface area (Å²) in [5.41, 5.74) is 10.5. The molecule has 1 rings (SSSR count). The van der Waals surface area contributed by atoms with Crippen molar-refractivity contribution in [1.29, 1.82) is 0 Å². The Hall–Kier alpha value is -0.650. The Labute approximate surface area is 97.1 Å². The van der Waals surface area contributed by atoms with E-state index >= 15 is 0 Å². The molecule has 94 valence electrons. The van der Waals surface area contributed by atoms with E-state index in [-0.39, 0.29) is 5.91 Å². The van der Waals surface area contributed by atoms with Crippen molar-refractivity contribution in [2.45, 2.75) is 37.3 Å². The summed E-state index contributed by atoms with van der Waals surface area (Å²) in [5.74, 6) is -0.375. The number of hydrogen-bond acceptors (Lipinski definition) is 4. The number of carbonyl (C=O) groups is 1. The average Bonchev–Trinajstić information content (AvgIpc) is 2.63. The second-order valence-corrected chi connectivity index (χ2v) is 4.74. The molecular weight excluding hydrogens is 206 g/mol. The molecule has 1 saturated carbocycles. The van der Waals surface area contributed by atoms with Crippen molar-refractivity contribution in [1.82, 2.24) is 4.90 Å². The van der Waals surface area contributed by atoms with Gasteiger partial charge in [0, 0.05) is 26.3 Å². The van der Waals surface area contributed by atoms with Crippen molar-refractivity contribution in [2.75, 3.05) is 27.3 Å². The van der Waals surface area contributed by atoms with E-state index in [1.807, 2.05) is 0 Å². The summed E-state index contributed by atoms with van der Waals surface area (Å²) in [5, 5.41) is 0. The second kappa shape index (κ2) is 5.61. The van der Waals surface area contributed by atoms with Gasteiger partial charge in [0.25, 0.3) is 0 Å². The van der Waals surface area contributed by atoms with Gasteiger partial charge in [0.15, 0.2) is 0 Å². The van der Waals surface area contributed by atoms with Gasteiger partial charge in [-0.2, -0.15) is 0 Å². The third-order valence-corrected chi connectivity index (χ3v) is 3.50. The van der Waals surface area contributed by atoms with E-state index in [0.717, 1.165) is 26.0 Å². The molecule has 0 aromatic carbocycles. The number of amides is 1. The van der Waals surface area contributed by atoms with Gasteiger partial charge < -0.3 is 21.1 Å². The lowest BCUT2D eigenvalue weighted by Gasteiger charge is -2.26. The highest BCUT2D eigenvalue weighted by molar-refractivity contribution is 5.84. The number of ether oxygens (including phenoxy) is 1. The molecule has 0 aliphatic heterocycles. The average molecular weight is 229 g/mol. The minimum absolute atomic E-state index is 0.370. The van der Waals surface area contributed by atoms with Crippen LogP contribution < -0.4 is 11.5 Å². The fraction of sp³-hybridized carbons (Fsp3) is 0.909. The summed E-state index contributed by atoms with van der Waals surface area (Å²) in [6, 6.07) is 0.370. The van der Waals surface area contributed by atoms with Crippen molar-refractivity contribution in [3.63, 3.8) is 0 Å². The van der Waals surface area contributed by atoms with Crippen molar-refractivity contribution >= 4 is 5.91 Å². The highest BCUT2D eigenvalue weighted by Crippen LogP contribution is 2.30. The number of hydrogen-bond donors (Lipinski definition) is 2. The zero-order chi connectivity index (χ0) is 12.2. The lowest BCUT2D eigenvalue weighted by atomic mass is 9.98. The standard InChI is InChI=1S/C11H23N3O2/c1-14(6-3-7-16-2)9-4-5-11(13,8-9)10(12)15/h9H,3-8,13H2,1-2H3,(H2,12,15). The lowest BCUT2D eigenvalue weighted by molar-refractivity contribution is -0.123. The number of methoxy groups -OCH3 is 1. The zero-order valence-electron chi connectivity index (χ0n) is 10.2. The molecule has 5 nitrogen and oxygen atoms in total. The van der Waals surface area contributed by atoms with Crippen molar-refractivity contribution in [2.24, 2.45) is 11.5 Å². The van der Waals surface area contributed by atoms with Crippen LogP contribution in [-0.4, -0.2) is 49.7 Å². The lowest BCUT2D eigenvalue weighted by Crippen LogP contribution is -2.51. The smallest absolute Gasteiger partial charge is 0.237 e. The monoisotopic (exact) mass is 229 g/mol. The number of nitrogens with zero attached hydrogens (tertiary/aromatic N) is 1. The molecule has 4 N–H and O–H groups in total. The normalized spacial score (nSPS) is 29.9.